The molecule has 0 heterocycles. The van der Waals surface area contributed by atoms with Crippen molar-refractivity contribution in [3.8, 4) is 0 Å². The van der Waals surface area contributed by atoms with Crippen molar-refractivity contribution in [3.05, 3.63) is 70.8 Å². The molecule has 0 saturated heterocycles. The molecule has 2 aromatic rings. The molecule has 2 aromatic carbocycles. The monoisotopic (exact) mass is 474 g/mol. The number of ether oxygens (including phenoxy) is 1. The van der Waals surface area contributed by atoms with E-state index < -0.39 is 34.3 Å². The van der Waals surface area contributed by atoms with Crippen LogP contribution < -0.4 is 10.4 Å². The Morgan fingerprint density at radius 3 is 1.90 bits per heavy atom. The van der Waals surface area contributed by atoms with Gasteiger partial charge < -0.3 is 17.8 Å². The normalized spacial score (nSPS) is 13.7. The largest absolute Gasteiger partial charge is 0.477 e. The van der Waals surface area contributed by atoms with Crippen molar-refractivity contribution in [3.63, 3.8) is 0 Å². The molecule has 5 nitrogen and oxygen atoms in total. The van der Waals surface area contributed by atoms with Gasteiger partial charge in [0.05, 0.1) is 6.61 Å². The molecule has 168 valence electrons. The highest BCUT2D eigenvalue weighted by Gasteiger charge is 2.36. The summed E-state index contributed by atoms with van der Waals surface area (Å²) in [6.07, 6.45) is 0.490. The summed E-state index contributed by atoms with van der Waals surface area (Å²) in [7, 11) is -5.70. The van der Waals surface area contributed by atoms with Crippen molar-refractivity contribution < 1.29 is 22.6 Å². The van der Waals surface area contributed by atoms with Crippen LogP contribution in [-0.2, 0) is 17.8 Å². The molecule has 0 aromatic heterocycles. The molecule has 31 heavy (non-hydrogen) atoms. The molecule has 0 aliphatic heterocycles. The number of hydrogen-bond acceptors (Lipinski definition) is 5. The van der Waals surface area contributed by atoms with E-state index in [0.29, 0.717) is 18.0 Å². The fourth-order valence-corrected chi connectivity index (χ4v) is 10.4. The number of carbonyl (C=O) groups is 1. The number of aryl methyl sites for hydroxylation is 2. The topological polar surface area (TPSA) is 65.0 Å². The van der Waals surface area contributed by atoms with Gasteiger partial charge >= 0.3 is 14.8 Å². The smallest absolute Gasteiger partial charge is 0.462 e. The van der Waals surface area contributed by atoms with Crippen LogP contribution in [0.1, 0.15) is 35.6 Å². The third-order valence-corrected chi connectivity index (χ3v) is 13.5. The van der Waals surface area contributed by atoms with Gasteiger partial charge in [0, 0.05) is 11.6 Å². The van der Waals surface area contributed by atoms with Crippen LogP contribution in [0.3, 0.4) is 0 Å². The van der Waals surface area contributed by atoms with E-state index in [1.165, 1.54) is 32.6 Å². The minimum atomic E-state index is -3.39. The molecular formula is C23H34O5Si3. The molecule has 0 radical (unpaired) electrons. The first-order valence-corrected chi connectivity index (χ1v) is 15.1. The lowest BCUT2D eigenvalue weighted by atomic mass is 10.1. The third-order valence-electron chi connectivity index (χ3n) is 5.56. The number of benzene rings is 2. The fraction of sp³-hybridized carbons (Fsp3) is 0.348. The summed E-state index contributed by atoms with van der Waals surface area (Å²) in [5.74, 6) is -0.415. The molecule has 0 fully saturated rings. The molecule has 8 heteroatoms. The highest BCUT2D eigenvalue weighted by atomic mass is 28.4. The maximum Gasteiger partial charge on any atom is 0.477 e. The number of carbonyl (C=O) groups excluding carboxylic acids is 1. The molecule has 0 saturated carbocycles. The summed E-state index contributed by atoms with van der Waals surface area (Å²) in [5.41, 5.74) is 5.23. The van der Waals surface area contributed by atoms with Crippen molar-refractivity contribution >= 4 is 44.7 Å². The van der Waals surface area contributed by atoms with Crippen molar-refractivity contribution in [1.82, 2.24) is 0 Å². The Kier molecular flexibility index (Phi) is 9.60. The number of hydrogen-bond donors (Lipinski definition) is 1. The van der Waals surface area contributed by atoms with Gasteiger partial charge in [0.2, 0.25) is 0 Å². The van der Waals surface area contributed by atoms with Gasteiger partial charge in [-0.2, -0.15) is 0 Å². The lowest BCUT2D eigenvalue weighted by Crippen LogP contribution is -2.49. The lowest BCUT2D eigenvalue weighted by molar-refractivity contribution is -0.139. The summed E-state index contributed by atoms with van der Waals surface area (Å²) in [6, 6.07) is 12.7. The van der Waals surface area contributed by atoms with Gasteiger partial charge in [-0.15, -0.1) is 0 Å². The van der Waals surface area contributed by atoms with Crippen LogP contribution >= 0.6 is 0 Å². The van der Waals surface area contributed by atoms with E-state index >= 15 is 0 Å². The van der Waals surface area contributed by atoms with Gasteiger partial charge in [0.15, 0.2) is 19.5 Å². The van der Waals surface area contributed by atoms with Crippen molar-refractivity contribution in [2.45, 2.75) is 47.1 Å². The lowest BCUT2D eigenvalue weighted by Gasteiger charge is -2.26. The van der Waals surface area contributed by atoms with Crippen LogP contribution in [0.4, 0.5) is 0 Å². The Hall–Kier alpha value is -1.82. The first-order chi connectivity index (χ1) is 14.6. The van der Waals surface area contributed by atoms with Crippen LogP contribution in [0.5, 0.6) is 0 Å². The van der Waals surface area contributed by atoms with Crippen LogP contribution in [0.2, 0.25) is 6.04 Å². The van der Waals surface area contributed by atoms with Gasteiger partial charge in [-0.05, 0) is 73.7 Å². The second kappa shape index (κ2) is 11.7. The van der Waals surface area contributed by atoms with Crippen LogP contribution in [-0.4, -0.2) is 45.7 Å². The maximum atomic E-state index is 11.6. The maximum absolute atomic E-state index is 11.6. The minimum Gasteiger partial charge on any atom is -0.462 e. The zero-order valence-electron chi connectivity index (χ0n) is 19.3. The van der Waals surface area contributed by atoms with E-state index in [4.69, 9.17) is 13.0 Å². The van der Waals surface area contributed by atoms with Gasteiger partial charge in [-0.25, -0.2) is 4.79 Å². The Morgan fingerprint density at radius 1 is 0.968 bits per heavy atom. The quantitative estimate of drug-likeness (QED) is 0.231. The molecule has 0 atom stereocenters. The van der Waals surface area contributed by atoms with E-state index in [2.05, 4.69) is 58.5 Å². The van der Waals surface area contributed by atoms with Gasteiger partial charge in [0.25, 0.3) is 0 Å². The molecule has 0 aliphatic rings. The predicted octanol–water partition coefficient (Wildman–Crippen LogP) is 1.51. The molecule has 0 unspecified atom stereocenters. The van der Waals surface area contributed by atoms with Gasteiger partial charge in [-0.1, -0.05) is 43.0 Å². The summed E-state index contributed by atoms with van der Waals surface area (Å²) in [5, 5.41) is 2.35. The van der Waals surface area contributed by atoms with Crippen molar-refractivity contribution in [1.29, 1.82) is 0 Å². The SMILES string of the molecule is C=C(C)C(=O)OCCC[Si](O)(O[SiH2]c1cccc(C)c1C)O[SiH2]c1cccc(C)c1C. The summed E-state index contributed by atoms with van der Waals surface area (Å²) in [4.78, 5) is 22.9. The average molecular weight is 475 g/mol. The zero-order chi connectivity index (χ0) is 23.0. The highest BCUT2D eigenvalue weighted by Crippen LogP contribution is 2.14. The Morgan fingerprint density at radius 2 is 1.45 bits per heavy atom. The first kappa shape index (κ1) is 25.4. The van der Waals surface area contributed by atoms with Crippen molar-refractivity contribution in [2.24, 2.45) is 0 Å². The molecule has 0 bridgehead atoms. The van der Waals surface area contributed by atoms with E-state index in [-0.39, 0.29) is 6.61 Å². The Labute approximate surface area is 191 Å². The first-order valence-electron chi connectivity index (χ1n) is 10.6. The third kappa shape index (κ3) is 7.67. The van der Waals surface area contributed by atoms with Crippen molar-refractivity contribution in [2.75, 3.05) is 6.61 Å². The predicted molar refractivity (Wildman–Crippen MR) is 134 cm³/mol. The van der Waals surface area contributed by atoms with Gasteiger partial charge in [-0.3, -0.25) is 0 Å². The fourth-order valence-electron chi connectivity index (χ4n) is 3.09. The minimum absolute atomic E-state index is 0.212. The van der Waals surface area contributed by atoms with Crippen LogP contribution in [0, 0.1) is 27.7 Å². The molecule has 0 amide bonds. The zero-order valence-corrected chi connectivity index (χ0v) is 23.1. The van der Waals surface area contributed by atoms with E-state index in [0.717, 1.165) is 0 Å². The molecule has 2 rings (SSSR count). The van der Waals surface area contributed by atoms with E-state index in [1.54, 1.807) is 6.92 Å². The van der Waals surface area contributed by atoms with Crippen LogP contribution in [0.15, 0.2) is 48.6 Å². The summed E-state index contributed by atoms with van der Waals surface area (Å²) in [6.45, 7) is 13.7. The summed E-state index contributed by atoms with van der Waals surface area (Å²) >= 11 is 0. The number of rotatable bonds is 11. The molecule has 0 aliphatic carbocycles. The molecule has 0 spiro atoms. The number of esters is 1. The average Bonchev–Trinajstić information content (AvgIpc) is 2.73. The van der Waals surface area contributed by atoms with Crippen LogP contribution in [0.25, 0.3) is 0 Å². The second-order valence-electron chi connectivity index (χ2n) is 8.03. The van der Waals surface area contributed by atoms with E-state index in [1.807, 2.05) is 12.1 Å². The Balaban J connectivity index is 2.07. The van der Waals surface area contributed by atoms with E-state index in [9.17, 15) is 9.59 Å². The highest BCUT2D eigenvalue weighted by molar-refractivity contribution is 6.73. The summed E-state index contributed by atoms with van der Waals surface area (Å²) < 4.78 is 17.5. The standard InChI is InChI=1S/C23H34O5Si3/c1-16(2)23(24)26-14-9-15-31(25,27-29-21-12-7-10-17(3)19(21)5)28-30-22-13-8-11-18(4)20(22)6/h7-8,10-13,25H,1,9,14-15,29-30H2,2-6H3. The second-order valence-corrected chi connectivity index (χ2v) is 14.4. The molecule has 1 N–H and O–H groups in total. The van der Waals surface area contributed by atoms with Gasteiger partial charge in [0.1, 0.15) is 0 Å². The Bertz CT molecular complexity index is 874. The molecular weight excluding hydrogens is 441 g/mol.